The van der Waals surface area contributed by atoms with Crippen molar-refractivity contribution in [1.29, 1.82) is 0 Å². The molecule has 1 rings (SSSR count). The zero-order valence-corrected chi connectivity index (χ0v) is 13.9. The molecule has 1 amide bonds. The highest BCUT2D eigenvalue weighted by molar-refractivity contribution is 5.91. The summed E-state index contributed by atoms with van der Waals surface area (Å²) in [7, 11) is 0. The lowest BCUT2D eigenvalue weighted by Gasteiger charge is -2.16. The van der Waals surface area contributed by atoms with Gasteiger partial charge in [-0.3, -0.25) is 4.79 Å². The molecule has 6 heteroatoms. The van der Waals surface area contributed by atoms with Crippen LogP contribution in [-0.4, -0.2) is 44.0 Å². The van der Waals surface area contributed by atoms with Crippen LogP contribution in [0.4, 0.5) is 0 Å². The third-order valence-corrected chi connectivity index (χ3v) is 2.77. The number of hydrogen-bond acceptors (Lipinski definition) is 5. The van der Waals surface area contributed by atoms with Gasteiger partial charge in [0.25, 0.3) is 0 Å². The van der Waals surface area contributed by atoms with Crippen LogP contribution in [0.2, 0.25) is 0 Å². The number of aliphatic hydroxyl groups is 1. The van der Waals surface area contributed by atoms with Gasteiger partial charge in [-0.1, -0.05) is 0 Å². The normalized spacial score (nSPS) is 10.6. The van der Waals surface area contributed by atoms with E-state index < -0.39 is 0 Å². The Morgan fingerprint density at radius 2 is 1.65 bits per heavy atom. The number of amides is 1. The Labute approximate surface area is 137 Å². The molecule has 0 aromatic heterocycles. The van der Waals surface area contributed by atoms with Gasteiger partial charge in [-0.15, -0.1) is 0 Å². The van der Waals surface area contributed by atoms with Crippen LogP contribution in [0.1, 0.15) is 26.3 Å². The Kier molecular flexibility index (Phi) is 8.60. The molecule has 1 aromatic carbocycles. The molecule has 0 fully saturated rings. The van der Waals surface area contributed by atoms with E-state index in [0.29, 0.717) is 37.1 Å². The number of aliphatic hydroxyl groups excluding tert-OH is 1. The van der Waals surface area contributed by atoms with Gasteiger partial charge in [-0.25, -0.2) is 0 Å². The van der Waals surface area contributed by atoms with E-state index in [2.05, 4.69) is 5.32 Å². The molecular weight excluding hydrogens is 298 g/mol. The standard InChI is InChI=1S/C17H25NO5/c1-4-21-14-11-13(7-8-16(20)18-9-10-19)12-15(22-5-2)17(14)23-6-3/h7-8,11-12,19H,4-6,9-10H2,1-3H3,(H,18,20)/b8-7+. The maximum Gasteiger partial charge on any atom is 0.244 e. The summed E-state index contributed by atoms with van der Waals surface area (Å²) in [5.74, 6) is 1.45. The predicted octanol–water partition coefficient (Wildman–Crippen LogP) is 2.00. The van der Waals surface area contributed by atoms with Crippen molar-refractivity contribution >= 4 is 12.0 Å². The lowest BCUT2D eigenvalue weighted by molar-refractivity contribution is -0.116. The lowest BCUT2D eigenvalue weighted by Crippen LogP contribution is -2.24. The van der Waals surface area contributed by atoms with Crippen molar-refractivity contribution in [2.45, 2.75) is 20.8 Å². The summed E-state index contributed by atoms with van der Waals surface area (Å²) in [6.07, 6.45) is 3.06. The van der Waals surface area contributed by atoms with Crippen molar-refractivity contribution in [3.8, 4) is 17.2 Å². The molecule has 0 aliphatic rings. The van der Waals surface area contributed by atoms with Gasteiger partial charge in [0.2, 0.25) is 11.7 Å². The van der Waals surface area contributed by atoms with Crippen molar-refractivity contribution in [2.24, 2.45) is 0 Å². The second-order valence-electron chi connectivity index (χ2n) is 4.49. The summed E-state index contributed by atoms with van der Waals surface area (Å²) in [4.78, 5) is 11.6. The van der Waals surface area contributed by atoms with Gasteiger partial charge in [-0.2, -0.15) is 0 Å². The van der Waals surface area contributed by atoms with Crippen LogP contribution in [0.3, 0.4) is 0 Å². The molecule has 0 spiro atoms. The van der Waals surface area contributed by atoms with Crippen molar-refractivity contribution < 1.29 is 24.1 Å². The van der Waals surface area contributed by atoms with Gasteiger partial charge in [0.1, 0.15) is 0 Å². The fourth-order valence-electron chi connectivity index (χ4n) is 1.92. The molecule has 0 saturated carbocycles. The molecule has 6 nitrogen and oxygen atoms in total. The van der Waals surface area contributed by atoms with Gasteiger partial charge in [0.05, 0.1) is 26.4 Å². The van der Waals surface area contributed by atoms with Crippen molar-refractivity contribution in [2.75, 3.05) is 33.0 Å². The fraction of sp³-hybridized carbons (Fsp3) is 0.471. The first-order valence-electron chi connectivity index (χ1n) is 7.79. The minimum atomic E-state index is -0.274. The summed E-state index contributed by atoms with van der Waals surface area (Å²) in [5.41, 5.74) is 0.763. The van der Waals surface area contributed by atoms with Crippen molar-refractivity contribution in [3.63, 3.8) is 0 Å². The molecule has 0 heterocycles. The average molecular weight is 323 g/mol. The van der Waals surface area contributed by atoms with Gasteiger partial charge in [0, 0.05) is 12.6 Å². The second-order valence-corrected chi connectivity index (χ2v) is 4.49. The molecule has 128 valence electrons. The summed E-state index contributed by atoms with van der Waals surface area (Å²) in [6.45, 7) is 7.30. The highest BCUT2D eigenvalue weighted by Crippen LogP contribution is 2.39. The lowest BCUT2D eigenvalue weighted by atomic mass is 10.1. The molecular formula is C17H25NO5. The van der Waals surface area contributed by atoms with Gasteiger partial charge in [-0.05, 0) is 44.5 Å². The first-order chi connectivity index (χ1) is 11.2. The van der Waals surface area contributed by atoms with E-state index >= 15 is 0 Å². The van der Waals surface area contributed by atoms with Crippen molar-refractivity contribution in [3.05, 3.63) is 23.8 Å². The summed E-state index contributed by atoms with van der Waals surface area (Å²) in [5, 5.41) is 11.2. The number of benzene rings is 1. The third-order valence-electron chi connectivity index (χ3n) is 2.77. The Bertz CT molecular complexity index is 501. The molecule has 0 saturated heterocycles. The topological polar surface area (TPSA) is 77.0 Å². The van der Waals surface area contributed by atoms with E-state index in [1.807, 2.05) is 20.8 Å². The predicted molar refractivity (Wildman–Crippen MR) is 89.1 cm³/mol. The molecule has 0 radical (unpaired) electrons. The molecule has 0 aliphatic heterocycles. The van der Waals surface area contributed by atoms with Gasteiger partial charge >= 0.3 is 0 Å². The van der Waals surface area contributed by atoms with E-state index in [1.165, 1.54) is 6.08 Å². The molecule has 0 atom stereocenters. The SMILES string of the molecule is CCOc1cc(/C=C/C(=O)NCCO)cc(OCC)c1OCC. The van der Waals surface area contributed by atoms with E-state index in [1.54, 1.807) is 18.2 Å². The average Bonchev–Trinajstić information content (AvgIpc) is 2.54. The molecule has 0 unspecified atom stereocenters. The first kappa shape index (κ1) is 18.8. The van der Waals surface area contributed by atoms with Crippen LogP contribution in [0.5, 0.6) is 17.2 Å². The number of carbonyl (C=O) groups is 1. The molecule has 0 aliphatic carbocycles. The zero-order chi connectivity index (χ0) is 17.1. The highest BCUT2D eigenvalue weighted by Gasteiger charge is 2.14. The number of carbonyl (C=O) groups excluding carboxylic acids is 1. The Morgan fingerprint density at radius 3 is 2.13 bits per heavy atom. The maximum atomic E-state index is 11.6. The van der Waals surface area contributed by atoms with E-state index in [-0.39, 0.29) is 19.1 Å². The monoisotopic (exact) mass is 323 g/mol. The maximum absolute atomic E-state index is 11.6. The third kappa shape index (κ3) is 6.20. The van der Waals surface area contributed by atoms with Crippen LogP contribution < -0.4 is 19.5 Å². The van der Waals surface area contributed by atoms with E-state index in [4.69, 9.17) is 19.3 Å². The smallest absolute Gasteiger partial charge is 0.244 e. The summed E-state index contributed by atoms with van der Waals surface area (Å²) in [6, 6.07) is 3.60. The van der Waals surface area contributed by atoms with E-state index in [0.717, 1.165) is 5.56 Å². The zero-order valence-electron chi connectivity index (χ0n) is 13.9. The Balaban J connectivity index is 3.07. The minimum Gasteiger partial charge on any atom is -0.490 e. The number of nitrogens with one attached hydrogen (secondary N) is 1. The minimum absolute atomic E-state index is 0.0917. The van der Waals surface area contributed by atoms with Crippen molar-refractivity contribution in [1.82, 2.24) is 5.32 Å². The van der Waals surface area contributed by atoms with Gasteiger partial charge < -0.3 is 24.6 Å². The van der Waals surface area contributed by atoms with Crippen LogP contribution in [0.15, 0.2) is 18.2 Å². The van der Waals surface area contributed by atoms with Gasteiger partial charge in [0.15, 0.2) is 11.5 Å². The van der Waals surface area contributed by atoms with Crippen LogP contribution >= 0.6 is 0 Å². The molecule has 2 N–H and O–H groups in total. The summed E-state index contributed by atoms with van der Waals surface area (Å²) < 4.78 is 16.9. The van der Waals surface area contributed by atoms with Crippen LogP contribution in [0.25, 0.3) is 6.08 Å². The van der Waals surface area contributed by atoms with E-state index in [9.17, 15) is 4.79 Å². The molecule has 0 bridgehead atoms. The van der Waals surface area contributed by atoms with Crippen LogP contribution in [-0.2, 0) is 4.79 Å². The fourth-order valence-corrected chi connectivity index (χ4v) is 1.92. The largest absolute Gasteiger partial charge is 0.490 e. The quantitative estimate of drug-likeness (QED) is 0.644. The number of rotatable bonds is 10. The molecule has 23 heavy (non-hydrogen) atoms. The highest BCUT2D eigenvalue weighted by atomic mass is 16.5. The Hall–Kier alpha value is -2.21. The molecule has 1 aromatic rings. The second kappa shape index (κ2) is 10.5. The summed E-state index contributed by atoms with van der Waals surface area (Å²) >= 11 is 0. The number of ether oxygens (including phenoxy) is 3. The van der Waals surface area contributed by atoms with Crippen LogP contribution in [0, 0.1) is 0 Å². The Morgan fingerprint density at radius 1 is 1.09 bits per heavy atom. The first-order valence-corrected chi connectivity index (χ1v) is 7.79. The number of hydrogen-bond donors (Lipinski definition) is 2.